The Morgan fingerprint density at radius 1 is 1.25 bits per heavy atom. The Kier molecular flexibility index (Phi) is 5.86. The first-order valence-electron chi connectivity index (χ1n) is 7.30. The molecule has 0 spiro atoms. The van der Waals surface area contributed by atoms with Crippen molar-refractivity contribution in [1.29, 1.82) is 0 Å². The van der Waals surface area contributed by atoms with E-state index in [-0.39, 0.29) is 5.97 Å². The first kappa shape index (κ1) is 15.3. The van der Waals surface area contributed by atoms with Crippen LogP contribution in [0.1, 0.15) is 50.1 Å². The normalized spacial score (nSPS) is 18.3. The van der Waals surface area contributed by atoms with Gasteiger partial charge in [0.15, 0.2) is 0 Å². The molecule has 1 aliphatic carbocycles. The Hall–Kier alpha value is -1.06. The third kappa shape index (κ3) is 3.97. The van der Waals surface area contributed by atoms with E-state index in [1.165, 1.54) is 32.8 Å². The van der Waals surface area contributed by atoms with Crippen LogP contribution in [0.4, 0.5) is 0 Å². The first-order valence-corrected chi connectivity index (χ1v) is 7.68. The summed E-state index contributed by atoms with van der Waals surface area (Å²) < 4.78 is 4.93. The van der Waals surface area contributed by atoms with E-state index in [2.05, 4.69) is 5.32 Å². The molecule has 1 aromatic rings. The summed E-state index contributed by atoms with van der Waals surface area (Å²) in [6.07, 6.45) is 7.22. The van der Waals surface area contributed by atoms with Crippen LogP contribution < -0.4 is 5.32 Å². The van der Waals surface area contributed by atoms with Crippen molar-refractivity contribution in [3.63, 3.8) is 0 Å². The minimum atomic E-state index is -0.475. The lowest BCUT2D eigenvalue weighted by molar-refractivity contribution is -0.143. The average Bonchev–Trinajstić information content (AvgIpc) is 2.73. The van der Waals surface area contributed by atoms with Crippen LogP contribution >= 0.6 is 11.6 Å². The smallest absolute Gasteiger partial charge is 0.327 e. The van der Waals surface area contributed by atoms with Crippen molar-refractivity contribution in [3.8, 4) is 0 Å². The summed E-state index contributed by atoms with van der Waals surface area (Å²) in [6, 6.07) is 7.34. The molecule has 0 aliphatic heterocycles. The van der Waals surface area contributed by atoms with Crippen molar-refractivity contribution >= 4 is 17.6 Å². The van der Waals surface area contributed by atoms with Gasteiger partial charge < -0.3 is 4.74 Å². The second-order valence-electron chi connectivity index (χ2n) is 5.33. The van der Waals surface area contributed by atoms with E-state index in [1.54, 1.807) is 0 Å². The van der Waals surface area contributed by atoms with Crippen molar-refractivity contribution in [2.75, 3.05) is 7.11 Å². The molecule has 1 atom stereocenters. The lowest BCUT2D eigenvalue weighted by Gasteiger charge is -2.24. The molecular weight excluding hydrogens is 274 g/mol. The van der Waals surface area contributed by atoms with Crippen LogP contribution in [-0.4, -0.2) is 19.1 Å². The zero-order valence-corrected chi connectivity index (χ0v) is 12.7. The molecule has 2 rings (SSSR count). The van der Waals surface area contributed by atoms with Crippen LogP contribution in [0.15, 0.2) is 24.3 Å². The lowest BCUT2D eigenvalue weighted by Crippen LogP contribution is -2.37. The topological polar surface area (TPSA) is 38.3 Å². The third-order valence-corrected chi connectivity index (χ3v) is 4.25. The molecule has 20 heavy (non-hydrogen) atoms. The van der Waals surface area contributed by atoms with Crippen LogP contribution in [0.25, 0.3) is 0 Å². The maximum atomic E-state index is 12.1. The Labute approximate surface area is 125 Å². The average molecular weight is 296 g/mol. The molecule has 0 radical (unpaired) electrons. The second-order valence-corrected chi connectivity index (χ2v) is 5.74. The third-order valence-electron chi connectivity index (χ3n) is 3.91. The van der Waals surface area contributed by atoms with Crippen molar-refractivity contribution in [3.05, 3.63) is 34.9 Å². The highest BCUT2D eigenvalue weighted by Crippen LogP contribution is 2.26. The van der Waals surface area contributed by atoms with E-state index in [1.807, 2.05) is 24.3 Å². The van der Waals surface area contributed by atoms with Gasteiger partial charge in [-0.1, -0.05) is 55.5 Å². The summed E-state index contributed by atoms with van der Waals surface area (Å²) in [5.41, 5.74) is 0.797. The number of methoxy groups -OCH3 is 1. The summed E-state index contributed by atoms with van der Waals surface area (Å²) in [4.78, 5) is 12.1. The van der Waals surface area contributed by atoms with E-state index in [0.717, 1.165) is 18.4 Å². The van der Waals surface area contributed by atoms with Gasteiger partial charge in [-0.15, -0.1) is 0 Å². The number of nitrogens with one attached hydrogen (secondary N) is 1. The largest absolute Gasteiger partial charge is 0.468 e. The van der Waals surface area contributed by atoms with Gasteiger partial charge in [-0.3, -0.25) is 5.32 Å². The molecule has 1 unspecified atom stereocenters. The molecule has 4 heteroatoms. The molecule has 0 saturated heterocycles. The summed E-state index contributed by atoms with van der Waals surface area (Å²) in [5.74, 6) is -0.276. The van der Waals surface area contributed by atoms with Gasteiger partial charge >= 0.3 is 5.97 Å². The number of halogens is 1. The maximum absolute atomic E-state index is 12.1. The van der Waals surface area contributed by atoms with Gasteiger partial charge in [0.05, 0.1) is 7.11 Å². The van der Waals surface area contributed by atoms with Crippen molar-refractivity contribution < 1.29 is 9.53 Å². The quantitative estimate of drug-likeness (QED) is 0.677. The molecule has 3 nitrogen and oxygen atoms in total. The number of carbonyl (C=O) groups excluding carboxylic acids is 1. The number of hydrogen-bond donors (Lipinski definition) is 1. The summed E-state index contributed by atoms with van der Waals surface area (Å²) in [7, 11) is 1.42. The minimum absolute atomic E-state index is 0.276. The highest BCUT2D eigenvalue weighted by Gasteiger charge is 2.26. The molecule has 0 aromatic heterocycles. The van der Waals surface area contributed by atoms with Crippen LogP contribution in [0, 0.1) is 0 Å². The minimum Gasteiger partial charge on any atom is -0.468 e. The summed E-state index contributed by atoms with van der Waals surface area (Å²) in [6.45, 7) is 0. The molecule has 1 fully saturated rings. The Morgan fingerprint density at radius 2 is 1.90 bits per heavy atom. The fourth-order valence-corrected chi connectivity index (χ4v) is 3.04. The molecule has 1 aromatic carbocycles. The number of ether oxygens (including phenoxy) is 1. The monoisotopic (exact) mass is 295 g/mol. The molecular formula is C16H22ClNO2. The maximum Gasteiger partial charge on any atom is 0.327 e. The van der Waals surface area contributed by atoms with Crippen LogP contribution in [0.3, 0.4) is 0 Å². The van der Waals surface area contributed by atoms with Crippen LogP contribution in [0.2, 0.25) is 5.02 Å². The van der Waals surface area contributed by atoms with E-state index in [4.69, 9.17) is 16.3 Å². The fraction of sp³-hybridized carbons (Fsp3) is 0.562. The summed E-state index contributed by atoms with van der Waals surface area (Å²) >= 11 is 6.22. The zero-order chi connectivity index (χ0) is 14.4. The highest BCUT2D eigenvalue weighted by atomic mass is 35.5. The van der Waals surface area contributed by atoms with Gasteiger partial charge in [-0.25, -0.2) is 4.79 Å². The molecule has 1 N–H and O–H groups in total. The van der Waals surface area contributed by atoms with Gasteiger partial charge in [0.25, 0.3) is 0 Å². The lowest BCUT2D eigenvalue weighted by atomic mass is 10.0. The summed E-state index contributed by atoms with van der Waals surface area (Å²) in [5, 5.41) is 4.05. The molecule has 0 amide bonds. The van der Waals surface area contributed by atoms with E-state index < -0.39 is 6.04 Å². The Morgan fingerprint density at radius 3 is 2.50 bits per heavy atom. The SMILES string of the molecule is COC(=O)C(NC1CCCCCC1)c1ccccc1Cl. The second kappa shape index (κ2) is 7.65. The van der Waals surface area contributed by atoms with Gasteiger partial charge in [-0.2, -0.15) is 0 Å². The number of esters is 1. The zero-order valence-electron chi connectivity index (χ0n) is 11.9. The van der Waals surface area contributed by atoms with Gasteiger partial charge in [0.1, 0.15) is 6.04 Å². The standard InChI is InChI=1S/C16H22ClNO2/c1-20-16(19)15(13-10-6-7-11-14(13)17)18-12-8-4-2-3-5-9-12/h6-7,10-12,15,18H,2-5,8-9H2,1H3. The van der Waals surface area contributed by atoms with Gasteiger partial charge in [0, 0.05) is 11.1 Å². The van der Waals surface area contributed by atoms with Gasteiger partial charge in [-0.05, 0) is 24.5 Å². The van der Waals surface area contributed by atoms with E-state index in [0.29, 0.717) is 11.1 Å². The van der Waals surface area contributed by atoms with Crippen molar-refractivity contribution in [1.82, 2.24) is 5.32 Å². The molecule has 110 valence electrons. The van der Waals surface area contributed by atoms with E-state index >= 15 is 0 Å². The number of rotatable bonds is 4. The fourth-order valence-electron chi connectivity index (χ4n) is 2.79. The van der Waals surface area contributed by atoms with Crippen LogP contribution in [-0.2, 0) is 9.53 Å². The van der Waals surface area contributed by atoms with E-state index in [9.17, 15) is 4.79 Å². The number of benzene rings is 1. The first-order chi connectivity index (χ1) is 9.72. The Balaban J connectivity index is 2.15. The highest BCUT2D eigenvalue weighted by molar-refractivity contribution is 6.31. The van der Waals surface area contributed by atoms with Crippen molar-refractivity contribution in [2.45, 2.75) is 50.6 Å². The van der Waals surface area contributed by atoms with Crippen molar-refractivity contribution in [2.24, 2.45) is 0 Å². The number of hydrogen-bond acceptors (Lipinski definition) is 3. The van der Waals surface area contributed by atoms with Crippen LogP contribution in [0.5, 0.6) is 0 Å². The molecule has 0 bridgehead atoms. The Bertz CT molecular complexity index is 442. The molecule has 1 aliphatic rings. The number of carbonyl (C=O) groups is 1. The van der Waals surface area contributed by atoms with Gasteiger partial charge in [0.2, 0.25) is 0 Å². The molecule has 1 saturated carbocycles. The molecule has 0 heterocycles. The predicted octanol–water partition coefficient (Wildman–Crippen LogP) is 3.87. The predicted molar refractivity (Wildman–Crippen MR) is 80.8 cm³/mol.